The van der Waals surface area contributed by atoms with Crippen LogP contribution in [0.25, 0.3) is 0 Å². The highest BCUT2D eigenvalue weighted by molar-refractivity contribution is 5.12. The van der Waals surface area contributed by atoms with E-state index in [2.05, 4.69) is 41.5 Å². The summed E-state index contributed by atoms with van der Waals surface area (Å²) in [6.07, 6.45) is 14.4. The van der Waals surface area contributed by atoms with Crippen LogP contribution in [0.5, 0.6) is 0 Å². The van der Waals surface area contributed by atoms with Gasteiger partial charge in [0.15, 0.2) is 0 Å². The molecule has 0 spiro atoms. The first-order valence-electron chi connectivity index (χ1n) is 9.54. The highest BCUT2D eigenvalue weighted by Gasteiger charge is 2.63. The summed E-state index contributed by atoms with van der Waals surface area (Å²) in [7, 11) is 0. The van der Waals surface area contributed by atoms with Crippen molar-refractivity contribution in [1.29, 1.82) is 0 Å². The van der Waals surface area contributed by atoms with Crippen molar-refractivity contribution in [2.24, 2.45) is 22.7 Å². The van der Waals surface area contributed by atoms with E-state index in [0.717, 1.165) is 22.7 Å². The molecule has 1 aliphatic rings. The van der Waals surface area contributed by atoms with Crippen LogP contribution >= 0.6 is 0 Å². The molecule has 1 fully saturated rings. The Hall–Kier alpha value is 0. The second kappa shape index (κ2) is 7.85. The molecular formula is C20H40. The van der Waals surface area contributed by atoms with Crippen molar-refractivity contribution in [1.82, 2.24) is 0 Å². The summed E-state index contributed by atoms with van der Waals surface area (Å²) in [6, 6.07) is 0. The molecule has 3 unspecified atom stereocenters. The van der Waals surface area contributed by atoms with Crippen LogP contribution in [-0.2, 0) is 0 Å². The summed E-state index contributed by atoms with van der Waals surface area (Å²) in [5, 5.41) is 0. The Bertz CT molecular complexity index is 265. The third-order valence-corrected chi connectivity index (χ3v) is 6.74. The minimum Gasteiger partial charge on any atom is -0.0654 e. The SMILES string of the molecule is CCCC1(CC)CC1(CCC)CCC(C)C(CC)CC. The minimum atomic E-state index is 0.728. The van der Waals surface area contributed by atoms with E-state index in [1.807, 2.05) is 0 Å². The summed E-state index contributed by atoms with van der Waals surface area (Å²) >= 11 is 0. The largest absolute Gasteiger partial charge is 0.0654 e. The molecule has 0 aromatic rings. The topological polar surface area (TPSA) is 0 Å². The van der Waals surface area contributed by atoms with Gasteiger partial charge in [-0.3, -0.25) is 0 Å². The van der Waals surface area contributed by atoms with Crippen LogP contribution < -0.4 is 0 Å². The van der Waals surface area contributed by atoms with E-state index in [-0.39, 0.29) is 0 Å². The molecule has 1 saturated carbocycles. The zero-order valence-corrected chi connectivity index (χ0v) is 15.2. The van der Waals surface area contributed by atoms with Crippen LogP contribution in [0, 0.1) is 22.7 Å². The van der Waals surface area contributed by atoms with Crippen molar-refractivity contribution in [2.75, 3.05) is 0 Å². The van der Waals surface area contributed by atoms with Gasteiger partial charge in [0.1, 0.15) is 0 Å². The smallest absolute Gasteiger partial charge is 0.0235 e. The van der Waals surface area contributed by atoms with E-state index in [0.29, 0.717) is 0 Å². The molecule has 0 heteroatoms. The van der Waals surface area contributed by atoms with Gasteiger partial charge in [-0.05, 0) is 61.2 Å². The van der Waals surface area contributed by atoms with Gasteiger partial charge in [-0.15, -0.1) is 0 Å². The quantitative estimate of drug-likeness (QED) is 0.374. The van der Waals surface area contributed by atoms with Gasteiger partial charge in [0, 0.05) is 0 Å². The van der Waals surface area contributed by atoms with Gasteiger partial charge in [0.05, 0.1) is 0 Å². The van der Waals surface area contributed by atoms with E-state index in [1.54, 1.807) is 0 Å². The molecule has 0 radical (unpaired) electrons. The summed E-state index contributed by atoms with van der Waals surface area (Å²) in [5.74, 6) is 1.88. The molecule has 20 heavy (non-hydrogen) atoms. The molecule has 0 aromatic carbocycles. The Kier molecular flexibility index (Phi) is 7.09. The maximum Gasteiger partial charge on any atom is -0.0235 e. The highest BCUT2D eigenvalue weighted by Crippen LogP contribution is 2.72. The maximum atomic E-state index is 2.51. The summed E-state index contributed by atoms with van der Waals surface area (Å²) in [6.45, 7) is 14.5. The first-order chi connectivity index (χ1) is 9.54. The molecule has 0 amide bonds. The molecule has 3 atom stereocenters. The van der Waals surface area contributed by atoms with E-state index >= 15 is 0 Å². The van der Waals surface area contributed by atoms with Crippen LogP contribution in [0.1, 0.15) is 106 Å². The lowest BCUT2D eigenvalue weighted by molar-refractivity contribution is 0.225. The molecule has 0 bridgehead atoms. The molecule has 0 aromatic heterocycles. The summed E-state index contributed by atoms with van der Waals surface area (Å²) in [5.41, 5.74) is 1.46. The Balaban J connectivity index is 2.61. The zero-order valence-electron chi connectivity index (χ0n) is 15.2. The highest BCUT2D eigenvalue weighted by atomic mass is 14.7. The van der Waals surface area contributed by atoms with Gasteiger partial charge in [-0.1, -0.05) is 67.2 Å². The molecule has 120 valence electrons. The first kappa shape index (κ1) is 18.1. The molecule has 0 saturated heterocycles. The normalized spacial score (nSPS) is 30.8. The third-order valence-electron chi connectivity index (χ3n) is 6.74. The molecular weight excluding hydrogens is 240 g/mol. The lowest BCUT2D eigenvalue weighted by atomic mass is 9.77. The van der Waals surface area contributed by atoms with Crippen LogP contribution in [-0.4, -0.2) is 0 Å². The monoisotopic (exact) mass is 280 g/mol. The van der Waals surface area contributed by atoms with Gasteiger partial charge in [0.2, 0.25) is 0 Å². The van der Waals surface area contributed by atoms with E-state index in [9.17, 15) is 0 Å². The van der Waals surface area contributed by atoms with Crippen LogP contribution in [0.15, 0.2) is 0 Å². The zero-order chi connectivity index (χ0) is 15.2. The fraction of sp³-hybridized carbons (Fsp3) is 1.00. The second-order valence-electron chi connectivity index (χ2n) is 7.68. The predicted molar refractivity (Wildman–Crippen MR) is 92.1 cm³/mol. The van der Waals surface area contributed by atoms with Crippen LogP contribution in [0.2, 0.25) is 0 Å². The molecule has 0 N–H and O–H groups in total. The minimum absolute atomic E-state index is 0.728. The molecule has 0 heterocycles. The van der Waals surface area contributed by atoms with Gasteiger partial charge in [-0.2, -0.15) is 0 Å². The lowest BCUT2D eigenvalue weighted by Crippen LogP contribution is -2.17. The lowest BCUT2D eigenvalue weighted by Gasteiger charge is -2.28. The van der Waals surface area contributed by atoms with Crippen molar-refractivity contribution in [3.63, 3.8) is 0 Å². The predicted octanol–water partition coefficient (Wildman–Crippen LogP) is 7.23. The number of rotatable bonds is 11. The Labute approximate surface area is 129 Å². The Morgan fingerprint density at radius 1 is 0.800 bits per heavy atom. The molecule has 1 rings (SSSR count). The van der Waals surface area contributed by atoms with Gasteiger partial charge in [-0.25, -0.2) is 0 Å². The summed E-state index contributed by atoms with van der Waals surface area (Å²) in [4.78, 5) is 0. The average Bonchev–Trinajstić information content (AvgIpc) is 3.07. The number of hydrogen-bond donors (Lipinski definition) is 0. The van der Waals surface area contributed by atoms with E-state index in [1.165, 1.54) is 64.2 Å². The second-order valence-corrected chi connectivity index (χ2v) is 7.68. The van der Waals surface area contributed by atoms with Crippen molar-refractivity contribution < 1.29 is 0 Å². The van der Waals surface area contributed by atoms with Gasteiger partial charge in [0.25, 0.3) is 0 Å². The maximum absolute atomic E-state index is 2.51. The fourth-order valence-electron chi connectivity index (χ4n) is 5.26. The number of hydrogen-bond acceptors (Lipinski definition) is 0. The van der Waals surface area contributed by atoms with E-state index < -0.39 is 0 Å². The Morgan fingerprint density at radius 2 is 1.35 bits per heavy atom. The fourth-order valence-corrected chi connectivity index (χ4v) is 5.26. The third kappa shape index (κ3) is 3.60. The summed E-state index contributed by atoms with van der Waals surface area (Å²) < 4.78 is 0. The molecule has 0 aliphatic heterocycles. The van der Waals surface area contributed by atoms with Crippen molar-refractivity contribution in [3.8, 4) is 0 Å². The molecule has 1 aliphatic carbocycles. The van der Waals surface area contributed by atoms with Gasteiger partial charge < -0.3 is 0 Å². The standard InChI is InChI=1S/C20H40/c1-7-13-19(11-5)16-20(19,14-8-2)15-12-17(6)18(9-3)10-4/h17-18H,7-16H2,1-6H3. The first-order valence-corrected chi connectivity index (χ1v) is 9.54. The van der Waals surface area contributed by atoms with Crippen molar-refractivity contribution in [2.45, 2.75) is 106 Å². The average molecular weight is 281 g/mol. The Morgan fingerprint density at radius 3 is 1.80 bits per heavy atom. The molecule has 0 nitrogen and oxygen atoms in total. The van der Waals surface area contributed by atoms with Crippen LogP contribution in [0.3, 0.4) is 0 Å². The van der Waals surface area contributed by atoms with Crippen molar-refractivity contribution in [3.05, 3.63) is 0 Å². The van der Waals surface area contributed by atoms with Gasteiger partial charge >= 0.3 is 0 Å². The van der Waals surface area contributed by atoms with Crippen LogP contribution in [0.4, 0.5) is 0 Å². The van der Waals surface area contributed by atoms with Crippen molar-refractivity contribution >= 4 is 0 Å². The van der Waals surface area contributed by atoms with E-state index in [4.69, 9.17) is 0 Å².